The van der Waals surface area contributed by atoms with Gasteiger partial charge in [0.05, 0.1) is 11.0 Å². The van der Waals surface area contributed by atoms with Crippen LogP contribution in [0.1, 0.15) is 25.3 Å². The Morgan fingerprint density at radius 3 is 2.62 bits per heavy atom. The average Bonchev–Trinajstić information content (AvgIpc) is 2.26. The van der Waals surface area contributed by atoms with Crippen molar-refractivity contribution < 1.29 is 8.42 Å². The lowest BCUT2D eigenvalue weighted by Crippen LogP contribution is -1.98. The van der Waals surface area contributed by atoms with E-state index in [1.807, 2.05) is 19.9 Å². The molecule has 0 spiro atoms. The van der Waals surface area contributed by atoms with Crippen molar-refractivity contribution in [2.24, 2.45) is 0 Å². The molecule has 0 aliphatic carbocycles. The smallest absolute Gasteiger partial charge is 0.200 e. The Morgan fingerprint density at radius 1 is 1.38 bits per heavy atom. The summed E-state index contributed by atoms with van der Waals surface area (Å²) in [6, 6.07) is 8.44. The Kier molecular flexibility index (Phi) is 3.86. The Balaban J connectivity index is 3.20. The molecule has 0 unspecified atom stereocenters. The van der Waals surface area contributed by atoms with Crippen LogP contribution in [0.5, 0.6) is 0 Å². The van der Waals surface area contributed by atoms with Gasteiger partial charge in [0.2, 0.25) is 9.84 Å². The predicted octanol–water partition coefficient (Wildman–Crippen LogP) is 2.62. The van der Waals surface area contributed by atoms with Crippen molar-refractivity contribution in [1.29, 1.82) is 5.26 Å². The highest BCUT2D eigenvalue weighted by Gasteiger charge is 2.11. The van der Waals surface area contributed by atoms with Gasteiger partial charge < -0.3 is 0 Å². The lowest BCUT2D eigenvalue weighted by atomic mass is 10.0. The first-order valence-corrected chi connectivity index (χ1v) is 6.43. The van der Waals surface area contributed by atoms with E-state index in [-0.39, 0.29) is 10.8 Å². The molecule has 16 heavy (non-hydrogen) atoms. The molecular weight excluding hydrogens is 222 g/mol. The van der Waals surface area contributed by atoms with Crippen LogP contribution in [-0.2, 0) is 9.84 Å². The second-order valence-electron chi connectivity index (χ2n) is 3.70. The van der Waals surface area contributed by atoms with E-state index in [4.69, 9.17) is 5.26 Å². The van der Waals surface area contributed by atoms with Gasteiger partial charge >= 0.3 is 0 Å². The van der Waals surface area contributed by atoms with Gasteiger partial charge in [-0.25, -0.2) is 8.42 Å². The summed E-state index contributed by atoms with van der Waals surface area (Å²) < 4.78 is 23.5. The maximum Gasteiger partial charge on any atom is 0.200 e. The molecule has 0 fully saturated rings. The van der Waals surface area contributed by atoms with Crippen LogP contribution in [0, 0.1) is 11.3 Å². The highest BCUT2D eigenvalue weighted by molar-refractivity contribution is 7.94. The van der Waals surface area contributed by atoms with Crippen LogP contribution in [-0.4, -0.2) is 8.42 Å². The molecule has 0 aliphatic heterocycles. The molecule has 0 aromatic heterocycles. The third kappa shape index (κ3) is 2.94. The summed E-state index contributed by atoms with van der Waals surface area (Å²) in [7, 11) is -3.48. The number of nitriles is 1. The van der Waals surface area contributed by atoms with Gasteiger partial charge in [0.1, 0.15) is 0 Å². The van der Waals surface area contributed by atoms with Gasteiger partial charge in [0.25, 0.3) is 0 Å². The Labute approximate surface area is 95.9 Å². The third-order valence-corrected chi connectivity index (χ3v) is 3.58. The zero-order valence-corrected chi connectivity index (χ0v) is 10.0. The number of sulfone groups is 1. The standard InChI is InChI=1S/C12H13NO2S/c1-10(2)11-5-3-6-12(9-11)16(14,15)8-4-7-13/h3-6,8-10H,1-2H3/b8-4+. The second kappa shape index (κ2) is 4.95. The van der Waals surface area contributed by atoms with Crippen LogP contribution in [0.4, 0.5) is 0 Å². The molecule has 0 heterocycles. The fraction of sp³-hybridized carbons (Fsp3) is 0.250. The number of rotatable bonds is 3. The van der Waals surface area contributed by atoms with Crippen molar-refractivity contribution in [3.8, 4) is 6.07 Å². The number of nitrogens with zero attached hydrogens (tertiary/aromatic N) is 1. The molecule has 0 saturated heterocycles. The van der Waals surface area contributed by atoms with Crippen LogP contribution >= 0.6 is 0 Å². The maximum atomic E-state index is 11.7. The monoisotopic (exact) mass is 235 g/mol. The molecule has 0 N–H and O–H groups in total. The Bertz CT molecular complexity index is 536. The van der Waals surface area contributed by atoms with Gasteiger partial charge in [-0.3, -0.25) is 0 Å². The minimum Gasteiger partial charge on any atom is -0.219 e. The average molecular weight is 235 g/mol. The normalized spacial score (nSPS) is 11.9. The van der Waals surface area contributed by atoms with Gasteiger partial charge in [0.15, 0.2) is 0 Å². The topological polar surface area (TPSA) is 57.9 Å². The van der Waals surface area contributed by atoms with E-state index in [0.29, 0.717) is 0 Å². The summed E-state index contributed by atoms with van der Waals surface area (Å²) in [4.78, 5) is 0.227. The minimum atomic E-state index is -3.48. The predicted molar refractivity (Wildman–Crippen MR) is 62.5 cm³/mol. The summed E-state index contributed by atoms with van der Waals surface area (Å²) >= 11 is 0. The summed E-state index contributed by atoms with van der Waals surface area (Å²) in [5, 5.41) is 9.24. The van der Waals surface area contributed by atoms with E-state index in [2.05, 4.69) is 0 Å². The number of allylic oxidation sites excluding steroid dienone is 1. The number of benzene rings is 1. The minimum absolute atomic E-state index is 0.227. The quantitative estimate of drug-likeness (QED) is 0.757. The molecule has 0 atom stereocenters. The van der Waals surface area contributed by atoms with E-state index in [1.165, 1.54) is 6.07 Å². The van der Waals surface area contributed by atoms with Crippen molar-refractivity contribution in [2.45, 2.75) is 24.7 Å². The van der Waals surface area contributed by atoms with Crippen LogP contribution < -0.4 is 0 Å². The zero-order valence-electron chi connectivity index (χ0n) is 9.21. The van der Waals surface area contributed by atoms with E-state index >= 15 is 0 Å². The number of hydrogen-bond donors (Lipinski definition) is 0. The molecule has 84 valence electrons. The van der Waals surface area contributed by atoms with E-state index in [1.54, 1.807) is 18.2 Å². The summed E-state index contributed by atoms with van der Waals surface area (Å²) in [5.74, 6) is 0.273. The molecule has 0 aliphatic rings. The lowest BCUT2D eigenvalue weighted by Gasteiger charge is -2.06. The molecule has 1 rings (SSSR count). The van der Waals surface area contributed by atoms with E-state index in [0.717, 1.165) is 17.0 Å². The van der Waals surface area contributed by atoms with Crippen molar-refractivity contribution in [3.63, 3.8) is 0 Å². The molecule has 0 saturated carbocycles. The highest BCUT2D eigenvalue weighted by Crippen LogP contribution is 2.19. The van der Waals surface area contributed by atoms with Crippen molar-refractivity contribution in [1.82, 2.24) is 0 Å². The molecule has 3 nitrogen and oxygen atoms in total. The molecule has 0 amide bonds. The molecule has 1 aromatic rings. The van der Waals surface area contributed by atoms with Crippen molar-refractivity contribution in [3.05, 3.63) is 41.3 Å². The SMILES string of the molecule is CC(C)c1cccc(S(=O)(=O)/C=C/C#N)c1. The Hall–Kier alpha value is -1.60. The fourth-order valence-corrected chi connectivity index (χ4v) is 2.21. The van der Waals surface area contributed by atoms with Gasteiger partial charge in [0, 0.05) is 11.5 Å². The van der Waals surface area contributed by atoms with Crippen LogP contribution in [0.25, 0.3) is 0 Å². The summed E-state index contributed by atoms with van der Waals surface area (Å²) in [6.07, 6.45) is 0.970. The zero-order chi connectivity index (χ0) is 12.2. The maximum absolute atomic E-state index is 11.7. The molecule has 0 bridgehead atoms. The van der Waals surface area contributed by atoms with Gasteiger partial charge in [-0.2, -0.15) is 5.26 Å². The van der Waals surface area contributed by atoms with E-state index < -0.39 is 9.84 Å². The van der Waals surface area contributed by atoms with Gasteiger partial charge in [-0.05, 0) is 23.6 Å². The van der Waals surface area contributed by atoms with Crippen molar-refractivity contribution in [2.75, 3.05) is 0 Å². The molecular formula is C12H13NO2S. The number of hydrogen-bond acceptors (Lipinski definition) is 3. The van der Waals surface area contributed by atoms with E-state index in [9.17, 15) is 8.42 Å². The first-order chi connectivity index (χ1) is 7.47. The fourth-order valence-electron chi connectivity index (χ4n) is 1.25. The molecule has 1 aromatic carbocycles. The molecule has 4 heteroatoms. The van der Waals surface area contributed by atoms with Crippen LogP contribution in [0.2, 0.25) is 0 Å². The molecule has 0 radical (unpaired) electrons. The van der Waals surface area contributed by atoms with Gasteiger partial charge in [-0.1, -0.05) is 26.0 Å². The highest BCUT2D eigenvalue weighted by atomic mass is 32.2. The van der Waals surface area contributed by atoms with Crippen LogP contribution in [0.15, 0.2) is 40.6 Å². The van der Waals surface area contributed by atoms with Crippen LogP contribution in [0.3, 0.4) is 0 Å². The first-order valence-electron chi connectivity index (χ1n) is 4.88. The largest absolute Gasteiger partial charge is 0.219 e. The second-order valence-corrected chi connectivity index (χ2v) is 5.54. The lowest BCUT2D eigenvalue weighted by molar-refractivity contribution is 0.604. The Morgan fingerprint density at radius 2 is 2.06 bits per heavy atom. The third-order valence-electron chi connectivity index (χ3n) is 2.18. The van der Waals surface area contributed by atoms with Gasteiger partial charge in [-0.15, -0.1) is 0 Å². The van der Waals surface area contributed by atoms with Crippen molar-refractivity contribution >= 4 is 9.84 Å². The first kappa shape index (κ1) is 12.5. The summed E-state index contributed by atoms with van der Waals surface area (Å²) in [6.45, 7) is 3.99. The summed E-state index contributed by atoms with van der Waals surface area (Å²) in [5.41, 5.74) is 0.964.